The van der Waals surface area contributed by atoms with E-state index in [4.69, 9.17) is 0 Å². The number of hydrogen-bond acceptors (Lipinski definition) is 3. The number of para-hydroxylation sites is 1. The second kappa shape index (κ2) is 7.04. The van der Waals surface area contributed by atoms with Crippen LogP contribution in [0.2, 0.25) is 0 Å². The summed E-state index contributed by atoms with van der Waals surface area (Å²) in [6.07, 6.45) is 3.19. The third-order valence-corrected chi connectivity index (χ3v) is 3.90. The molecule has 0 bridgehead atoms. The van der Waals surface area contributed by atoms with Crippen molar-refractivity contribution in [3.05, 3.63) is 78.1 Å². The topological polar surface area (TPSA) is 46.1 Å². The fourth-order valence-corrected chi connectivity index (χ4v) is 2.62. The summed E-state index contributed by atoms with van der Waals surface area (Å²) in [4.78, 5) is 23.3. The van der Waals surface area contributed by atoms with Gasteiger partial charge in [-0.2, -0.15) is 0 Å². The third-order valence-electron chi connectivity index (χ3n) is 3.90. The van der Waals surface area contributed by atoms with Crippen molar-refractivity contribution < 1.29 is 4.79 Å². The molecule has 0 spiro atoms. The fraction of sp³-hybridized carbons (Fsp3) is 0.150. The molecule has 0 aliphatic heterocycles. The molecule has 0 radical (unpaired) electrons. The highest BCUT2D eigenvalue weighted by atomic mass is 16.2. The Bertz CT molecular complexity index is 829. The Labute approximate surface area is 141 Å². The number of anilines is 1. The lowest BCUT2D eigenvalue weighted by Gasteiger charge is -2.22. The van der Waals surface area contributed by atoms with Crippen LogP contribution in [-0.4, -0.2) is 22.4 Å². The Kier molecular flexibility index (Phi) is 4.66. The number of benzene rings is 2. The highest BCUT2D eigenvalue weighted by Crippen LogP contribution is 2.21. The lowest BCUT2D eigenvalue weighted by Crippen LogP contribution is -2.31. The van der Waals surface area contributed by atoms with Gasteiger partial charge in [-0.25, -0.2) is 9.97 Å². The van der Waals surface area contributed by atoms with E-state index in [1.54, 1.807) is 17.3 Å². The molecule has 1 amide bonds. The summed E-state index contributed by atoms with van der Waals surface area (Å²) in [6, 6.07) is 17.6. The van der Waals surface area contributed by atoms with Crippen molar-refractivity contribution in [2.45, 2.75) is 13.8 Å². The summed E-state index contributed by atoms with van der Waals surface area (Å²) in [6.45, 7) is 4.55. The van der Waals surface area contributed by atoms with Crippen LogP contribution in [0, 0.1) is 6.92 Å². The zero-order valence-corrected chi connectivity index (χ0v) is 13.8. The first kappa shape index (κ1) is 15.9. The summed E-state index contributed by atoms with van der Waals surface area (Å²) in [5, 5.41) is 0. The van der Waals surface area contributed by atoms with Crippen molar-refractivity contribution in [1.82, 2.24) is 9.97 Å². The predicted molar refractivity (Wildman–Crippen MR) is 96.0 cm³/mol. The van der Waals surface area contributed by atoms with Gasteiger partial charge in [0.2, 0.25) is 0 Å². The number of carbonyl (C=O) groups excluding carboxylic acids is 1. The molecule has 4 heteroatoms. The summed E-state index contributed by atoms with van der Waals surface area (Å²) < 4.78 is 0. The van der Waals surface area contributed by atoms with E-state index in [0.29, 0.717) is 17.9 Å². The summed E-state index contributed by atoms with van der Waals surface area (Å²) >= 11 is 0. The Morgan fingerprint density at radius 2 is 1.58 bits per heavy atom. The smallest absolute Gasteiger partial charge is 0.261 e. The quantitative estimate of drug-likeness (QED) is 0.727. The maximum Gasteiger partial charge on any atom is 0.261 e. The van der Waals surface area contributed by atoms with Crippen LogP contribution < -0.4 is 4.90 Å². The van der Waals surface area contributed by atoms with E-state index in [-0.39, 0.29) is 5.91 Å². The van der Waals surface area contributed by atoms with Crippen LogP contribution in [0.15, 0.2) is 67.0 Å². The average Bonchev–Trinajstić information content (AvgIpc) is 2.64. The fourth-order valence-electron chi connectivity index (χ4n) is 2.62. The van der Waals surface area contributed by atoms with E-state index in [1.807, 2.05) is 68.4 Å². The van der Waals surface area contributed by atoms with Gasteiger partial charge in [0, 0.05) is 30.2 Å². The van der Waals surface area contributed by atoms with E-state index in [9.17, 15) is 4.79 Å². The molecule has 0 atom stereocenters. The van der Waals surface area contributed by atoms with Crippen LogP contribution in [0.3, 0.4) is 0 Å². The number of rotatable bonds is 4. The van der Waals surface area contributed by atoms with E-state index >= 15 is 0 Å². The molecular formula is C20H19N3O. The Morgan fingerprint density at radius 3 is 2.21 bits per heavy atom. The average molecular weight is 317 g/mol. The van der Waals surface area contributed by atoms with Crippen LogP contribution in [0.4, 0.5) is 5.69 Å². The Morgan fingerprint density at radius 1 is 0.958 bits per heavy atom. The SMILES string of the molecule is CCN(C(=O)c1cnc(-c2ccccc2)nc1)c1ccccc1C. The van der Waals surface area contributed by atoms with Crippen molar-refractivity contribution in [2.75, 3.05) is 11.4 Å². The molecule has 1 heterocycles. The molecule has 1 aromatic heterocycles. The molecule has 3 rings (SSSR count). The summed E-state index contributed by atoms with van der Waals surface area (Å²) in [7, 11) is 0. The molecule has 3 aromatic rings. The lowest BCUT2D eigenvalue weighted by atomic mass is 10.1. The van der Waals surface area contributed by atoms with Crippen molar-refractivity contribution in [3.8, 4) is 11.4 Å². The first-order chi connectivity index (χ1) is 11.7. The van der Waals surface area contributed by atoms with Gasteiger partial charge in [-0.05, 0) is 25.5 Å². The third kappa shape index (κ3) is 3.18. The van der Waals surface area contributed by atoms with Crippen molar-refractivity contribution in [1.29, 1.82) is 0 Å². The minimum atomic E-state index is -0.0913. The minimum absolute atomic E-state index is 0.0913. The predicted octanol–water partition coefficient (Wildman–Crippen LogP) is 4.12. The van der Waals surface area contributed by atoms with Gasteiger partial charge in [-0.1, -0.05) is 48.5 Å². The molecule has 24 heavy (non-hydrogen) atoms. The van der Waals surface area contributed by atoms with E-state index in [0.717, 1.165) is 16.8 Å². The number of amides is 1. The van der Waals surface area contributed by atoms with Gasteiger partial charge < -0.3 is 4.90 Å². The molecule has 0 aliphatic carbocycles. The molecule has 0 saturated heterocycles. The minimum Gasteiger partial charge on any atom is -0.308 e. The molecule has 0 fully saturated rings. The Hall–Kier alpha value is -3.01. The maximum atomic E-state index is 12.8. The second-order valence-corrected chi connectivity index (χ2v) is 5.50. The van der Waals surface area contributed by atoms with Gasteiger partial charge in [-0.3, -0.25) is 4.79 Å². The van der Waals surface area contributed by atoms with Crippen LogP contribution >= 0.6 is 0 Å². The highest BCUT2D eigenvalue weighted by molar-refractivity contribution is 6.06. The molecule has 0 unspecified atom stereocenters. The number of nitrogens with zero attached hydrogens (tertiary/aromatic N) is 3. The van der Waals surface area contributed by atoms with Gasteiger partial charge in [0.1, 0.15) is 0 Å². The second-order valence-electron chi connectivity index (χ2n) is 5.50. The Balaban J connectivity index is 1.88. The molecule has 0 N–H and O–H groups in total. The van der Waals surface area contributed by atoms with Crippen LogP contribution in [0.25, 0.3) is 11.4 Å². The van der Waals surface area contributed by atoms with Crippen LogP contribution in [0.1, 0.15) is 22.8 Å². The van der Waals surface area contributed by atoms with E-state index in [1.165, 1.54) is 0 Å². The van der Waals surface area contributed by atoms with Gasteiger partial charge in [-0.15, -0.1) is 0 Å². The molecule has 0 saturated carbocycles. The molecule has 4 nitrogen and oxygen atoms in total. The number of carbonyl (C=O) groups is 1. The van der Waals surface area contributed by atoms with Gasteiger partial charge in [0.15, 0.2) is 5.82 Å². The largest absolute Gasteiger partial charge is 0.308 e. The first-order valence-corrected chi connectivity index (χ1v) is 7.95. The van der Waals surface area contributed by atoms with Crippen LogP contribution in [-0.2, 0) is 0 Å². The van der Waals surface area contributed by atoms with Crippen molar-refractivity contribution in [2.24, 2.45) is 0 Å². The number of aryl methyl sites for hydroxylation is 1. The van der Waals surface area contributed by atoms with Gasteiger partial charge in [0.25, 0.3) is 5.91 Å². The van der Waals surface area contributed by atoms with E-state index < -0.39 is 0 Å². The summed E-state index contributed by atoms with van der Waals surface area (Å²) in [5.41, 5.74) is 3.40. The first-order valence-electron chi connectivity index (χ1n) is 7.95. The van der Waals surface area contributed by atoms with Crippen LogP contribution in [0.5, 0.6) is 0 Å². The number of aromatic nitrogens is 2. The zero-order valence-electron chi connectivity index (χ0n) is 13.8. The zero-order chi connectivity index (χ0) is 16.9. The van der Waals surface area contributed by atoms with Gasteiger partial charge in [0.05, 0.1) is 5.56 Å². The highest BCUT2D eigenvalue weighted by Gasteiger charge is 2.18. The standard InChI is InChI=1S/C20H19N3O/c1-3-23(18-12-8-7-9-15(18)2)20(24)17-13-21-19(22-14-17)16-10-5-4-6-11-16/h4-14H,3H2,1-2H3. The normalized spacial score (nSPS) is 10.4. The maximum absolute atomic E-state index is 12.8. The van der Waals surface area contributed by atoms with Crippen molar-refractivity contribution in [3.63, 3.8) is 0 Å². The van der Waals surface area contributed by atoms with E-state index in [2.05, 4.69) is 9.97 Å². The number of hydrogen-bond donors (Lipinski definition) is 0. The van der Waals surface area contributed by atoms with Gasteiger partial charge >= 0.3 is 0 Å². The monoisotopic (exact) mass is 317 g/mol. The van der Waals surface area contributed by atoms with Crippen molar-refractivity contribution >= 4 is 11.6 Å². The lowest BCUT2D eigenvalue weighted by molar-refractivity contribution is 0.0987. The molecular weight excluding hydrogens is 298 g/mol. The molecule has 120 valence electrons. The molecule has 2 aromatic carbocycles. The summed E-state index contributed by atoms with van der Waals surface area (Å²) in [5.74, 6) is 0.525. The molecule has 0 aliphatic rings.